The molecule has 1 fully saturated rings. The van der Waals surface area contributed by atoms with E-state index in [9.17, 15) is 4.57 Å². The van der Waals surface area contributed by atoms with Crippen LogP contribution in [-0.2, 0) is 4.57 Å². The molecule has 0 aromatic heterocycles. The first-order chi connectivity index (χ1) is 4.65. The zero-order valence-electron chi connectivity index (χ0n) is 8.43. The molecule has 1 rings (SSSR count). The maximum Gasteiger partial charge on any atom is 0.0938 e. The van der Waals surface area contributed by atoms with Crippen molar-refractivity contribution < 1.29 is 4.57 Å². The summed E-state index contributed by atoms with van der Waals surface area (Å²) in [6.07, 6.45) is 0. The maximum atomic E-state index is 12.1. The average Bonchev–Trinajstić information content (AvgIpc) is 1.84. The first kappa shape index (κ1) is 9.32. The van der Waals surface area contributed by atoms with Gasteiger partial charge in [0.05, 0.1) is 7.14 Å². The van der Waals surface area contributed by atoms with Crippen LogP contribution in [0.25, 0.3) is 0 Å². The van der Waals surface area contributed by atoms with Crippen LogP contribution >= 0.6 is 7.14 Å². The Morgan fingerprint density at radius 1 is 1.18 bits per heavy atom. The van der Waals surface area contributed by atoms with E-state index in [1.165, 1.54) is 0 Å². The highest BCUT2D eigenvalue weighted by Crippen LogP contribution is 2.79. The van der Waals surface area contributed by atoms with Crippen molar-refractivity contribution in [3.8, 4) is 0 Å². The molecule has 0 aromatic carbocycles. The van der Waals surface area contributed by atoms with Crippen molar-refractivity contribution in [2.75, 3.05) is 6.66 Å². The highest BCUT2D eigenvalue weighted by Gasteiger charge is 2.64. The first-order valence-electron chi connectivity index (χ1n) is 4.23. The van der Waals surface area contributed by atoms with Gasteiger partial charge in [0, 0.05) is 10.8 Å². The molecule has 0 bridgehead atoms. The Kier molecular flexibility index (Phi) is 1.64. The minimum absolute atomic E-state index is 0.0411. The van der Waals surface area contributed by atoms with Crippen LogP contribution in [0.1, 0.15) is 34.6 Å². The molecule has 1 aliphatic rings. The second kappa shape index (κ2) is 1.93. The van der Waals surface area contributed by atoms with Gasteiger partial charge in [0.1, 0.15) is 0 Å². The van der Waals surface area contributed by atoms with Gasteiger partial charge in [-0.25, -0.2) is 0 Å². The smallest absolute Gasteiger partial charge is 0.0938 e. The van der Waals surface area contributed by atoms with Gasteiger partial charge < -0.3 is 4.57 Å². The molecule has 11 heavy (non-hydrogen) atoms. The highest BCUT2D eigenvalue weighted by molar-refractivity contribution is 7.67. The molecule has 1 nitrogen and oxygen atoms in total. The van der Waals surface area contributed by atoms with Gasteiger partial charge in [-0.1, -0.05) is 34.6 Å². The molecule has 2 heteroatoms. The second-order valence-electron chi connectivity index (χ2n) is 4.95. The normalized spacial score (nSPS) is 46.5. The Labute approximate surface area is 69.9 Å². The molecule has 0 N–H and O–H groups in total. The Bertz CT molecular complexity index is 228. The topological polar surface area (TPSA) is 17.1 Å². The third kappa shape index (κ3) is 0.758. The summed E-state index contributed by atoms with van der Waals surface area (Å²) in [4.78, 5) is 0. The van der Waals surface area contributed by atoms with E-state index in [1.807, 2.05) is 6.66 Å². The van der Waals surface area contributed by atoms with Crippen molar-refractivity contribution in [2.45, 2.75) is 45.4 Å². The van der Waals surface area contributed by atoms with Crippen molar-refractivity contribution in [1.82, 2.24) is 0 Å². The van der Waals surface area contributed by atoms with E-state index in [2.05, 4.69) is 34.6 Å². The zero-order chi connectivity index (χ0) is 9.08. The van der Waals surface area contributed by atoms with E-state index in [-0.39, 0.29) is 10.6 Å². The third-order valence-corrected chi connectivity index (χ3v) is 9.39. The fraction of sp³-hybridized carbons (Fsp3) is 1.00. The average molecular weight is 174 g/mol. The first-order valence-corrected chi connectivity index (χ1v) is 6.45. The molecular formula is C9H19OP. The largest absolute Gasteiger partial charge is 0.323 e. The van der Waals surface area contributed by atoms with Crippen LogP contribution < -0.4 is 0 Å². The van der Waals surface area contributed by atoms with E-state index in [0.717, 1.165) is 0 Å². The molecule has 0 amide bonds. The molecule has 1 heterocycles. The number of hydrogen-bond donors (Lipinski definition) is 0. The van der Waals surface area contributed by atoms with Crippen LogP contribution in [-0.4, -0.2) is 17.5 Å². The summed E-state index contributed by atoms with van der Waals surface area (Å²) in [5.41, 5.74) is 0.641. The van der Waals surface area contributed by atoms with Crippen LogP contribution in [0.5, 0.6) is 0 Å². The number of hydrogen-bond acceptors (Lipinski definition) is 1. The molecular weight excluding hydrogens is 155 g/mol. The summed E-state index contributed by atoms with van der Waals surface area (Å²) in [5, 5.41) is 0.0411. The van der Waals surface area contributed by atoms with Crippen molar-refractivity contribution in [2.24, 2.45) is 5.41 Å². The highest BCUT2D eigenvalue weighted by atomic mass is 31.2. The summed E-state index contributed by atoms with van der Waals surface area (Å²) in [6, 6.07) is 0. The van der Waals surface area contributed by atoms with E-state index in [1.54, 1.807) is 0 Å². The van der Waals surface area contributed by atoms with E-state index < -0.39 is 7.14 Å². The van der Waals surface area contributed by atoms with Crippen molar-refractivity contribution >= 4 is 7.14 Å². The lowest BCUT2D eigenvalue weighted by Gasteiger charge is -2.62. The Morgan fingerprint density at radius 2 is 1.55 bits per heavy atom. The van der Waals surface area contributed by atoms with E-state index in [0.29, 0.717) is 5.66 Å². The molecule has 0 radical (unpaired) electrons. The van der Waals surface area contributed by atoms with Crippen LogP contribution in [0.15, 0.2) is 0 Å². The van der Waals surface area contributed by atoms with Gasteiger partial charge in [-0.15, -0.1) is 0 Å². The summed E-state index contributed by atoms with van der Waals surface area (Å²) < 4.78 is 12.1. The van der Waals surface area contributed by atoms with Crippen molar-refractivity contribution in [3.05, 3.63) is 0 Å². The molecule has 0 aromatic rings. The van der Waals surface area contributed by atoms with Gasteiger partial charge in [-0.2, -0.15) is 0 Å². The minimum atomic E-state index is -1.88. The molecule has 2 atom stereocenters. The van der Waals surface area contributed by atoms with Gasteiger partial charge in [-0.05, 0) is 12.1 Å². The van der Waals surface area contributed by atoms with Gasteiger partial charge in [0.15, 0.2) is 0 Å². The summed E-state index contributed by atoms with van der Waals surface area (Å²) in [7, 11) is -1.88. The van der Waals surface area contributed by atoms with Crippen molar-refractivity contribution in [3.63, 3.8) is 0 Å². The molecule has 0 spiro atoms. The minimum Gasteiger partial charge on any atom is -0.323 e. The quantitative estimate of drug-likeness (QED) is 0.515. The van der Waals surface area contributed by atoms with E-state index >= 15 is 0 Å². The lowest BCUT2D eigenvalue weighted by atomic mass is 9.76. The fourth-order valence-electron chi connectivity index (χ4n) is 2.12. The molecule has 1 saturated heterocycles. The molecule has 0 unspecified atom stereocenters. The lowest BCUT2D eigenvalue weighted by Crippen LogP contribution is -2.57. The molecule has 66 valence electrons. The van der Waals surface area contributed by atoms with Crippen LogP contribution in [0.2, 0.25) is 0 Å². The second-order valence-corrected chi connectivity index (χ2v) is 8.82. The van der Waals surface area contributed by atoms with Crippen LogP contribution in [0.4, 0.5) is 0 Å². The van der Waals surface area contributed by atoms with Crippen molar-refractivity contribution in [1.29, 1.82) is 0 Å². The fourth-order valence-corrected chi connectivity index (χ4v) is 5.77. The summed E-state index contributed by atoms with van der Waals surface area (Å²) >= 11 is 0. The van der Waals surface area contributed by atoms with E-state index in [4.69, 9.17) is 0 Å². The monoisotopic (exact) mass is 174 g/mol. The predicted molar refractivity (Wildman–Crippen MR) is 50.9 cm³/mol. The Morgan fingerprint density at radius 3 is 1.64 bits per heavy atom. The zero-order valence-corrected chi connectivity index (χ0v) is 9.33. The third-order valence-electron chi connectivity index (χ3n) is 4.47. The lowest BCUT2D eigenvalue weighted by molar-refractivity contribution is 0.205. The molecule has 0 saturated carbocycles. The predicted octanol–water partition coefficient (Wildman–Crippen LogP) is 3.19. The van der Waals surface area contributed by atoms with Gasteiger partial charge in [0.25, 0.3) is 0 Å². The Hall–Kier alpha value is 0.230. The molecule has 0 aliphatic carbocycles. The number of rotatable bonds is 0. The van der Waals surface area contributed by atoms with Gasteiger partial charge in [-0.3, -0.25) is 0 Å². The Balaban J connectivity index is 3.09. The maximum absolute atomic E-state index is 12.1. The van der Waals surface area contributed by atoms with Gasteiger partial charge in [0.2, 0.25) is 0 Å². The molecule has 1 aliphatic heterocycles. The van der Waals surface area contributed by atoms with Gasteiger partial charge >= 0.3 is 0 Å². The SMILES string of the molecule is C[C@@H]1C(C)(C)C(C)(C)[P@@]1(C)=O. The van der Waals surface area contributed by atoms with Crippen LogP contribution in [0.3, 0.4) is 0 Å². The van der Waals surface area contributed by atoms with Crippen LogP contribution in [0, 0.1) is 5.41 Å². The standard InChI is InChI=1S/C9H19OP/c1-7-8(2,3)9(4,5)11(7,6)10/h7H,1-6H3/t7-,11+/m1/s1. The summed E-state index contributed by atoms with van der Waals surface area (Å²) in [5.74, 6) is 0. The summed E-state index contributed by atoms with van der Waals surface area (Å²) in [6.45, 7) is 12.8.